The van der Waals surface area contributed by atoms with Crippen molar-refractivity contribution in [2.24, 2.45) is 5.73 Å². The van der Waals surface area contributed by atoms with Crippen LogP contribution in [0.4, 0.5) is 5.95 Å². The van der Waals surface area contributed by atoms with Crippen LogP contribution in [0.3, 0.4) is 0 Å². The molecule has 4 aromatic rings. The standard InChI is InChI=1S/C23H21N5OS/c1-14-20(18-10-11-25-23(27-18)28-12-4-7-19(28)21(24)29)30-22(26-14)17-9-8-15-5-2-3-6-16(15)13-17/h2-3,5-6,8-11,13,19H,4,7,12H2,1H3,(H2,24,29)/t19-/m0/s1. The van der Waals surface area contributed by atoms with Crippen LogP contribution in [-0.4, -0.2) is 33.4 Å². The molecule has 0 aliphatic carbocycles. The number of rotatable bonds is 4. The minimum absolute atomic E-state index is 0.325. The maximum atomic E-state index is 11.8. The predicted octanol–water partition coefficient (Wildman–Crippen LogP) is 4.18. The zero-order chi connectivity index (χ0) is 20.7. The fourth-order valence-corrected chi connectivity index (χ4v) is 5.03. The summed E-state index contributed by atoms with van der Waals surface area (Å²) in [5, 5.41) is 3.37. The lowest BCUT2D eigenvalue weighted by Crippen LogP contribution is -2.41. The van der Waals surface area contributed by atoms with Gasteiger partial charge in [0.2, 0.25) is 11.9 Å². The van der Waals surface area contributed by atoms with E-state index >= 15 is 0 Å². The number of aryl methyl sites for hydroxylation is 1. The van der Waals surface area contributed by atoms with E-state index in [0.717, 1.165) is 46.2 Å². The minimum atomic E-state index is -0.337. The number of nitrogens with two attached hydrogens (primary N) is 1. The van der Waals surface area contributed by atoms with Gasteiger partial charge in [0.1, 0.15) is 11.0 Å². The molecule has 2 aromatic carbocycles. The molecule has 5 rings (SSSR count). The molecule has 2 N–H and O–H groups in total. The number of benzene rings is 2. The summed E-state index contributed by atoms with van der Waals surface area (Å²) in [6, 6.07) is 16.3. The number of amides is 1. The van der Waals surface area contributed by atoms with E-state index in [4.69, 9.17) is 15.7 Å². The highest BCUT2D eigenvalue weighted by atomic mass is 32.1. The first kappa shape index (κ1) is 18.7. The van der Waals surface area contributed by atoms with Crippen LogP contribution in [0.15, 0.2) is 54.7 Å². The Hall–Kier alpha value is -3.32. The van der Waals surface area contributed by atoms with Gasteiger partial charge in [-0.25, -0.2) is 15.0 Å². The van der Waals surface area contributed by atoms with Gasteiger partial charge in [0, 0.05) is 18.3 Å². The fraction of sp³-hybridized carbons (Fsp3) is 0.217. The number of anilines is 1. The highest BCUT2D eigenvalue weighted by molar-refractivity contribution is 7.18. The number of nitrogens with zero attached hydrogens (tertiary/aromatic N) is 4. The lowest BCUT2D eigenvalue weighted by Gasteiger charge is -2.22. The van der Waals surface area contributed by atoms with E-state index in [1.54, 1.807) is 17.5 Å². The van der Waals surface area contributed by atoms with E-state index in [2.05, 4.69) is 35.3 Å². The molecule has 30 heavy (non-hydrogen) atoms. The first-order chi connectivity index (χ1) is 14.6. The van der Waals surface area contributed by atoms with E-state index in [9.17, 15) is 4.79 Å². The highest BCUT2D eigenvalue weighted by Crippen LogP contribution is 2.36. The number of hydrogen-bond acceptors (Lipinski definition) is 6. The number of carbonyl (C=O) groups is 1. The molecule has 1 aliphatic heterocycles. The van der Waals surface area contributed by atoms with Crippen LogP contribution in [0, 0.1) is 6.92 Å². The minimum Gasteiger partial charge on any atom is -0.368 e. The Bertz CT molecular complexity index is 1250. The van der Waals surface area contributed by atoms with Crippen molar-refractivity contribution >= 4 is 34.0 Å². The summed E-state index contributed by atoms with van der Waals surface area (Å²) in [4.78, 5) is 28.6. The van der Waals surface area contributed by atoms with Crippen LogP contribution in [-0.2, 0) is 4.79 Å². The van der Waals surface area contributed by atoms with E-state index in [1.807, 2.05) is 30.0 Å². The summed E-state index contributed by atoms with van der Waals surface area (Å²) in [5.74, 6) is 0.225. The molecule has 2 aromatic heterocycles. The topological polar surface area (TPSA) is 85.0 Å². The number of fused-ring (bicyclic) bond motifs is 1. The van der Waals surface area contributed by atoms with Gasteiger partial charge in [-0.05, 0) is 42.7 Å². The SMILES string of the molecule is Cc1nc(-c2ccc3ccccc3c2)sc1-c1ccnc(N2CCC[C@H]2C(N)=O)n1. The molecule has 1 atom stereocenters. The average molecular weight is 416 g/mol. The van der Waals surface area contributed by atoms with Gasteiger partial charge in [-0.15, -0.1) is 11.3 Å². The van der Waals surface area contributed by atoms with E-state index in [-0.39, 0.29) is 11.9 Å². The molecule has 6 nitrogen and oxygen atoms in total. The van der Waals surface area contributed by atoms with Gasteiger partial charge >= 0.3 is 0 Å². The second kappa shape index (κ2) is 7.50. The Morgan fingerprint density at radius 1 is 1.13 bits per heavy atom. The third-order valence-corrected chi connectivity index (χ3v) is 6.74. The number of carbonyl (C=O) groups excluding carboxylic acids is 1. The van der Waals surface area contributed by atoms with Crippen LogP contribution in [0.2, 0.25) is 0 Å². The van der Waals surface area contributed by atoms with Gasteiger partial charge in [0.05, 0.1) is 16.3 Å². The van der Waals surface area contributed by atoms with Crippen molar-refractivity contribution in [3.05, 3.63) is 60.4 Å². The molecule has 1 aliphatic rings. The lowest BCUT2D eigenvalue weighted by atomic mass is 10.1. The largest absolute Gasteiger partial charge is 0.368 e. The number of aromatic nitrogens is 3. The summed E-state index contributed by atoms with van der Waals surface area (Å²) in [6.45, 7) is 2.74. The van der Waals surface area contributed by atoms with Crippen molar-refractivity contribution in [2.45, 2.75) is 25.8 Å². The molecular weight excluding hydrogens is 394 g/mol. The molecule has 7 heteroatoms. The summed E-state index contributed by atoms with van der Waals surface area (Å²) in [5.41, 5.74) is 8.40. The zero-order valence-corrected chi connectivity index (χ0v) is 17.4. The molecule has 0 radical (unpaired) electrons. The van der Waals surface area contributed by atoms with Crippen LogP contribution in [0.1, 0.15) is 18.5 Å². The third kappa shape index (κ3) is 3.31. The van der Waals surface area contributed by atoms with Gasteiger partial charge in [-0.2, -0.15) is 0 Å². The second-order valence-corrected chi connectivity index (χ2v) is 8.49. The van der Waals surface area contributed by atoms with Gasteiger partial charge < -0.3 is 10.6 Å². The van der Waals surface area contributed by atoms with Crippen molar-refractivity contribution in [1.29, 1.82) is 0 Å². The third-order valence-electron chi connectivity index (χ3n) is 5.51. The molecule has 1 fully saturated rings. The molecule has 1 amide bonds. The Morgan fingerprint density at radius 3 is 2.80 bits per heavy atom. The smallest absolute Gasteiger partial charge is 0.240 e. The first-order valence-electron chi connectivity index (χ1n) is 9.96. The molecule has 0 bridgehead atoms. The predicted molar refractivity (Wildman–Crippen MR) is 120 cm³/mol. The van der Waals surface area contributed by atoms with Crippen molar-refractivity contribution in [1.82, 2.24) is 15.0 Å². The van der Waals surface area contributed by atoms with Crippen molar-refractivity contribution < 1.29 is 4.79 Å². The molecule has 0 saturated carbocycles. The van der Waals surface area contributed by atoms with E-state index < -0.39 is 0 Å². The van der Waals surface area contributed by atoms with Gasteiger partial charge in [0.15, 0.2) is 0 Å². The van der Waals surface area contributed by atoms with Crippen molar-refractivity contribution in [3.63, 3.8) is 0 Å². The Morgan fingerprint density at radius 2 is 1.97 bits per heavy atom. The summed E-state index contributed by atoms with van der Waals surface area (Å²) in [6.07, 6.45) is 3.39. The molecule has 1 saturated heterocycles. The van der Waals surface area contributed by atoms with Crippen LogP contribution >= 0.6 is 11.3 Å². The maximum Gasteiger partial charge on any atom is 0.240 e. The molecular formula is C23H21N5OS. The van der Waals surface area contributed by atoms with Crippen LogP contribution in [0.25, 0.3) is 31.9 Å². The molecule has 150 valence electrons. The number of thiazole rings is 1. The molecule has 0 unspecified atom stereocenters. The maximum absolute atomic E-state index is 11.8. The highest BCUT2D eigenvalue weighted by Gasteiger charge is 2.31. The zero-order valence-electron chi connectivity index (χ0n) is 16.6. The van der Waals surface area contributed by atoms with Crippen LogP contribution in [0.5, 0.6) is 0 Å². The van der Waals surface area contributed by atoms with Gasteiger partial charge in [-0.3, -0.25) is 4.79 Å². The second-order valence-electron chi connectivity index (χ2n) is 7.49. The summed E-state index contributed by atoms with van der Waals surface area (Å²) in [7, 11) is 0. The first-order valence-corrected chi connectivity index (χ1v) is 10.8. The summed E-state index contributed by atoms with van der Waals surface area (Å²) >= 11 is 1.62. The normalized spacial score (nSPS) is 16.3. The van der Waals surface area contributed by atoms with E-state index in [0.29, 0.717) is 5.95 Å². The molecule has 3 heterocycles. The van der Waals surface area contributed by atoms with Crippen LogP contribution < -0.4 is 10.6 Å². The van der Waals surface area contributed by atoms with E-state index in [1.165, 1.54) is 10.8 Å². The van der Waals surface area contributed by atoms with Gasteiger partial charge in [0.25, 0.3) is 0 Å². The van der Waals surface area contributed by atoms with Crippen molar-refractivity contribution in [2.75, 3.05) is 11.4 Å². The Balaban J connectivity index is 1.51. The number of primary amides is 1. The quantitative estimate of drug-likeness (QED) is 0.540. The average Bonchev–Trinajstić information content (AvgIpc) is 3.41. The Labute approximate surface area is 178 Å². The summed E-state index contributed by atoms with van der Waals surface area (Å²) < 4.78 is 0. The monoisotopic (exact) mass is 415 g/mol. The lowest BCUT2D eigenvalue weighted by molar-refractivity contribution is -0.119. The van der Waals surface area contributed by atoms with Gasteiger partial charge in [-0.1, -0.05) is 36.4 Å². The Kier molecular flexibility index (Phi) is 4.67. The van der Waals surface area contributed by atoms with Crippen molar-refractivity contribution in [3.8, 4) is 21.1 Å². The number of hydrogen-bond donors (Lipinski definition) is 1. The fourth-order valence-electron chi connectivity index (χ4n) is 4.00. The molecule has 0 spiro atoms.